The summed E-state index contributed by atoms with van der Waals surface area (Å²) >= 11 is 0. The largest absolute Gasteiger partial charge is 0.339 e. The molecular weight excluding hydrogens is 302 g/mol. The first-order chi connectivity index (χ1) is 11.6. The average molecular weight is 329 g/mol. The highest BCUT2D eigenvalue weighted by Crippen LogP contribution is 2.49. The van der Waals surface area contributed by atoms with Crippen molar-refractivity contribution in [2.45, 2.75) is 26.7 Å². The van der Waals surface area contributed by atoms with E-state index in [0.717, 1.165) is 38.4 Å². The fraction of sp³-hybridized carbons (Fsp3) is 0.579. The molecule has 2 amide bonds. The van der Waals surface area contributed by atoms with Gasteiger partial charge in [-0.3, -0.25) is 9.59 Å². The van der Waals surface area contributed by atoms with E-state index in [4.69, 9.17) is 0 Å². The summed E-state index contributed by atoms with van der Waals surface area (Å²) in [6.45, 7) is 8.99. The second-order valence-electron chi connectivity index (χ2n) is 6.69. The number of hydrogen-bond acceptors (Lipinski definition) is 3. The Balaban J connectivity index is 1.73. The van der Waals surface area contributed by atoms with Crippen molar-refractivity contribution in [3.05, 3.63) is 30.3 Å². The number of hydrogen-bond donors (Lipinski definition) is 0. The van der Waals surface area contributed by atoms with Crippen LogP contribution in [0.3, 0.4) is 0 Å². The Kier molecular flexibility index (Phi) is 4.90. The van der Waals surface area contributed by atoms with Crippen LogP contribution in [0.4, 0.5) is 5.69 Å². The van der Waals surface area contributed by atoms with Crippen LogP contribution in [0.25, 0.3) is 0 Å². The van der Waals surface area contributed by atoms with Gasteiger partial charge in [0.15, 0.2) is 0 Å². The molecule has 24 heavy (non-hydrogen) atoms. The molecule has 3 rings (SSSR count). The van der Waals surface area contributed by atoms with Crippen LogP contribution in [0.5, 0.6) is 0 Å². The van der Waals surface area contributed by atoms with Crippen molar-refractivity contribution in [3.63, 3.8) is 0 Å². The van der Waals surface area contributed by atoms with E-state index in [1.807, 2.05) is 42.2 Å². The van der Waals surface area contributed by atoms with Gasteiger partial charge in [0.05, 0.1) is 0 Å². The number of anilines is 1. The van der Waals surface area contributed by atoms with Crippen LogP contribution in [-0.4, -0.2) is 60.9 Å². The molecule has 0 spiro atoms. The molecule has 130 valence electrons. The molecule has 0 aromatic heterocycles. The summed E-state index contributed by atoms with van der Waals surface area (Å²) in [5.41, 5.74) is 0.0696. The monoisotopic (exact) mass is 329 g/mol. The van der Waals surface area contributed by atoms with Crippen LogP contribution >= 0.6 is 0 Å². The molecule has 0 radical (unpaired) electrons. The quantitative estimate of drug-likeness (QED) is 0.776. The van der Waals surface area contributed by atoms with Crippen molar-refractivity contribution in [1.82, 2.24) is 9.80 Å². The van der Waals surface area contributed by atoms with E-state index in [-0.39, 0.29) is 11.8 Å². The first-order valence-corrected chi connectivity index (χ1v) is 9.01. The van der Waals surface area contributed by atoms with E-state index < -0.39 is 5.41 Å². The molecule has 1 aromatic rings. The SMILES string of the molecule is CCN1CCN(C(=O)C2(C(=O)N(CC)c3ccccc3)CC2)CC1. The van der Waals surface area contributed by atoms with Crippen LogP contribution in [0.15, 0.2) is 30.3 Å². The first kappa shape index (κ1) is 17.0. The van der Waals surface area contributed by atoms with Crippen molar-refractivity contribution in [1.29, 1.82) is 0 Å². The van der Waals surface area contributed by atoms with Gasteiger partial charge in [-0.15, -0.1) is 0 Å². The highest BCUT2D eigenvalue weighted by atomic mass is 16.2. The van der Waals surface area contributed by atoms with E-state index in [1.54, 1.807) is 4.90 Å². The molecule has 1 saturated carbocycles. The van der Waals surface area contributed by atoms with E-state index in [2.05, 4.69) is 11.8 Å². The van der Waals surface area contributed by atoms with Crippen molar-refractivity contribution >= 4 is 17.5 Å². The van der Waals surface area contributed by atoms with Gasteiger partial charge in [-0.05, 0) is 38.4 Å². The summed E-state index contributed by atoms with van der Waals surface area (Å²) < 4.78 is 0. The molecule has 5 heteroatoms. The third-order valence-electron chi connectivity index (χ3n) is 5.30. The number of rotatable bonds is 5. The van der Waals surface area contributed by atoms with Gasteiger partial charge in [0.1, 0.15) is 5.41 Å². The molecule has 0 unspecified atom stereocenters. The molecule has 0 N–H and O–H groups in total. The third-order valence-corrected chi connectivity index (χ3v) is 5.30. The smallest absolute Gasteiger partial charge is 0.242 e. The van der Waals surface area contributed by atoms with Gasteiger partial charge in [-0.2, -0.15) is 0 Å². The molecule has 2 fully saturated rings. The van der Waals surface area contributed by atoms with Crippen molar-refractivity contribution in [2.75, 3.05) is 44.2 Å². The lowest BCUT2D eigenvalue weighted by molar-refractivity contribution is -0.144. The minimum Gasteiger partial charge on any atom is -0.339 e. The molecule has 2 aliphatic rings. The zero-order chi connectivity index (χ0) is 17.2. The second kappa shape index (κ2) is 6.93. The Morgan fingerprint density at radius 3 is 2.17 bits per heavy atom. The maximum Gasteiger partial charge on any atom is 0.242 e. The lowest BCUT2D eigenvalue weighted by Crippen LogP contribution is -2.53. The van der Waals surface area contributed by atoms with Gasteiger partial charge in [-0.1, -0.05) is 25.1 Å². The first-order valence-electron chi connectivity index (χ1n) is 9.01. The van der Waals surface area contributed by atoms with Crippen LogP contribution in [-0.2, 0) is 9.59 Å². The normalized spacial score (nSPS) is 19.8. The minimum atomic E-state index is -0.805. The Bertz CT molecular complexity index is 590. The average Bonchev–Trinajstić information content (AvgIpc) is 3.44. The number of piperazine rings is 1. The van der Waals surface area contributed by atoms with Crippen molar-refractivity contribution in [2.24, 2.45) is 5.41 Å². The molecule has 1 heterocycles. The van der Waals surface area contributed by atoms with Gasteiger partial charge in [0, 0.05) is 38.4 Å². The van der Waals surface area contributed by atoms with Crippen LogP contribution < -0.4 is 4.90 Å². The van der Waals surface area contributed by atoms with E-state index >= 15 is 0 Å². The molecule has 1 aromatic carbocycles. The predicted molar refractivity (Wildman–Crippen MR) is 94.8 cm³/mol. The molecule has 0 atom stereocenters. The van der Waals surface area contributed by atoms with Gasteiger partial charge in [-0.25, -0.2) is 0 Å². The number of carbonyl (C=O) groups is 2. The third kappa shape index (κ3) is 3.05. The van der Waals surface area contributed by atoms with Crippen LogP contribution in [0.2, 0.25) is 0 Å². The number of amides is 2. The number of carbonyl (C=O) groups excluding carboxylic acids is 2. The van der Waals surface area contributed by atoms with Crippen molar-refractivity contribution in [3.8, 4) is 0 Å². The molecule has 1 saturated heterocycles. The van der Waals surface area contributed by atoms with Gasteiger partial charge in [0.25, 0.3) is 0 Å². The number of para-hydroxylation sites is 1. The number of likely N-dealkylation sites (N-methyl/N-ethyl adjacent to an activating group) is 1. The Labute approximate surface area is 144 Å². The van der Waals surface area contributed by atoms with Crippen LogP contribution in [0.1, 0.15) is 26.7 Å². The zero-order valence-electron chi connectivity index (χ0n) is 14.7. The molecule has 1 aliphatic heterocycles. The number of benzene rings is 1. The summed E-state index contributed by atoms with van der Waals surface area (Å²) in [4.78, 5) is 32.2. The van der Waals surface area contributed by atoms with Gasteiger partial charge < -0.3 is 14.7 Å². The second-order valence-corrected chi connectivity index (χ2v) is 6.69. The summed E-state index contributed by atoms with van der Waals surface area (Å²) in [7, 11) is 0. The van der Waals surface area contributed by atoms with Gasteiger partial charge >= 0.3 is 0 Å². The zero-order valence-corrected chi connectivity index (χ0v) is 14.7. The fourth-order valence-electron chi connectivity index (χ4n) is 3.52. The summed E-state index contributed by atoms with van der Waals surface area (Å²) in [6.07, 6.45) is 1.37. The Morgan fingerprint density at radius 1 is 1.04 bits per heavy atom. The Morgan fingerprint density at radius 2 is 1.67 bits per heavy atom. The highest BCUT2D eigenvalue weighted by molar-refractivity contribution is 6.14. The summed E-state index contributed by atoms with van der Waals surface area (Å²) in [6, 6.07) is 9.66. The topological polar surface area (TPSA) is 43.9 Å². The van der Waals surface area contributed by atoms with E-state index in [0.29, 0.717) is 19.4 Å². The number of nitrogens with zero attached hydrogens (tertiary/aromatic N) is 3. The highest BCUT2D eigenvalue weighted by Gasteiger charge is 2.59. The van der Waals surface area contributed by atoms with Crippen LogP contribution in [0, 0.1) is 5.41 Å². The fourth-order valence-corrected chi connectivity index (χ4v) is 3.52. The summed E-state index contributed by atoms with van der Waals surface area (Å²) in [5, 5.41) is 0. The molecule has 0 bridgehead atoms. The molecular formula is C19H27N3O2. The molecule has 1 aliphatic carbocycles. The van der Waals surface area contributed by atoms with E-state index in [1.165, 1.54) is 0 Å². The maximum absolute atomic E-state index is 13.1. The van der Waals surface area contributed by atoms with Crippen molar-refractivity contribution < 1.29 is 9.59 Å². The maximum atomic E-state index is 13.1. The van der Waals surface area contributed by atoms with E-state index in [9.17, 15) is 9.59 Å². The Hall–Kier alpha value is -1.88. The van der Waals surface area contributed by atoms with Gasteiger partial charge in [0.2, 0.25) is 11.8 Å². The lowest BCUT2D eigenvalue weighted by Gasteiger charge is -2.36. The summed E-state index contributed by atoms with van der Waals surface area (Å²) in [5.74, 6) is 0.0109. The molecule has 5 nitrogen and oxygen atoms in total. The predicted octanol–water partition coefficient (Wildman–Crippen LogP) is 1.98. The standard InChI is InChI=1S/C19H27N3O2/c1-3-20-12-14-21(15-13-20)17(23)19(10-11-19)18(24)22(4-2)16-8-6-5-7-9-16/h5-9H,3-4,10-15H2,1-2H3. The lowest BCUT2D eigenvalue weighted by atomic mass is 10.0. The minimum absolute atomic E-state index is 0.0286.